The number of benzene rings is 9. The fraction of sp³-hybridized carbons (Fsp3) is 0.100. The highest BCUT2D eigenvalue weighted by molar-refractivity contribution is 6.12. The predicted molar refractivity (Wildman–Crippen MR) is 263 cm³/mol. The highest BCUT2D eigenvalue weighted by Crippen LogP contribution is 2.54. The molecule has 13 rings (SSSR count). The Hall–Kier alpha value is -7.62. The van der Waals surface area contributed by atoms with E-state index in [9.17, 15) is 0 Å². The number of furan rings is 1. The summed E-state index contributed by atoms with van der Waals surface area (Å²) >= 11 is 0. The first-order valence-electron chi connectivity index (χ1n) is 22.1. The molecule has 0 unspecified atom stereocenters. The standard InChI is InChI=1S/C60H44N2O/c1-59(2)50-21-11-8-17-42(50)44-30-27-40(35-52(44)59)61(56-23-14-20-48-47-19-10-13-24-57(47)63-58(48)56)41-28-31-45-43-29-25-38(34-51(43)60(3,4)53(45)36-41)37-26-32-55-49(33-37)46-18-9-12-22-54(46)62(55)39-15-6-5-7-16-39/h5-36H,1-4H3. The zero-order valence-electron chi connectivity index (χ0n) is 35.8. The van der Waals surface area contributed by atoms with E-state index in [4.69, 9.17) is 4.42 Å². The van der Waals surface area contributed by atoms with Crippen molar-refractivity contribution < 1.29 is 4.42 Å². The Morgan fingerprint density at radius 2 is 0.952 bits per heavy atom. The summed E-state index contributed by atoms with van der Waals surface area (Å²) in [5.74, 6) is 0. The number of fused-ring (bicyclic) bond motifs is 12. The van der Waals surface area contributed by atoms with E-state index in [2.05, 4.69) is 231 Å². The molecule has 3 heteroatoms. The summed E-state index contributed by atoms with van der Waals surface area (Å²) in [4.78, 5) is 2.43. The molecule has 0 spiro atoms. The molecule has 3 nitrogen and oxygen atoms in total. The Balaban J connectivity index is 0.949. The van der Waals surface area contributed by atoms with E-state index < -0.39 is 0 Å². The minimum absolute atomic E-state index is 0.137. The molecule has 0 bridgehead atoms. The zero-order chi connectivity index (χ0) is 42.2. The van der Waals surface area contributed by atoms with E-state index in [-0.39, 0.29) is 10.8 Å². The van der Waals surface area contributed by atoms with Gasteiger partial charge in [0.2, 0.25) is 0 Å². The normalized spacial score (nSPS) is 14.3. The second-order valence-corrected chi connectivity index (χ2v) is 18.5. The fourth-order valence-corrected chi connectivity index (χ4v) is 11.2. The molecule has 0 saturated heterocycles. The summed E-state index contributed by atoms with van der Waals surface area (Å²) in [5.41, 5.74) is 21.3. The first-order chi connectivity index (χ1) is 30.8. The SMILES string of the molecule is CC1(C)c2ccccc2-c2ccc(N(c3ccc4c(c3)C(C)(C)c3cc(-c5ccc6c(c5)c5ccccc5n6-c5ccccc5)ccc3-4)c3cccc4c3oc3ccccc34)cc21. The van der Waals surface area contributed by atoms with Gasteiger partial charge >= 0.3 is 0 Å². The van der Waals surface area contributed by atoms with Crippen molar-refractivity contribution in [1.29, 1.82) is 0 Å². The molecule has 2 aromatic heterocycles. The summed E-state index contributed by atoms with van der Waals surface area (Å²) in [7, 11) is 0. The second kappa shape index (κ2) is 13.0. The van der Waals surface area contributed by atoms with E-state index in [1.165, 1.54) is 83.1 Å². The second-order valence-electron chi connectivity index (χ2n) is 18.5. The molecule has 11 aromatic rings. The van der Waals surface area contributed by atoms with Crippen LogP contribution in [0.3, 0.4) is 0 Å². The van der Waals surface area contributed by atoms with E-state index in [0.29, 0.717) is 0 Å². The number of aromatic nitrogens is 1. The maximum atomic E-state index is 6.76. The number of hydrogen-bond acceptors (Lipinski definition) is 2. The van der Waals surface area contributed by atoms with Crippen LogP contribution in [-0.4, -0.2) is 4.57 Å². The van der Waals surface area contributed by atoms with Crippen LogP contribution in [0.4, 0.5) is 17.1 Å². The molecule has 2 heterocycles. The summed E-state index contributed by atoms with van der Waals surface area (Å²) in [5, 5.41) is 4.77. The molecule has 0 aliphatic heterocycles. The van der Waals surface area contributed by atoms with Gasteiger partial charge in [0.15, 0.2) is 5.58 Å². The third kappa shape index (κ3) is 5.08. The predicted octanol–water partition coefficient (Wildman–Crippen LogP) is 16.4. The van der Waals surface area contributed by atoms with Crippen molar-refractivity contribution >= 4 is 60.8 Å². The van der Waals surface area contributed by atoms with Crippen LogP contribution < -0.4 is 4.90 Å². The molecule has 300 valence electrons. The van der Waals surface area contributed by atoms with Gasteiger partial charge in [0, 0.05) is 49.4 Å². The van der Waals surface area contributed by atoms with Crippen LogP contribution in [-0.2, 0) is 10.8 Å². The summed E-state index contributed by atoms with van der Waals surface area (Å²) in [6.07, 6.45) is 0. The van der Waals surface area contributed by atoms with Crippen LogP contribution in [0.5, 0.6) is 0 Å². The third-order valence-corrected chi connectivity index (χ3v) is 14.4. The van der Waals surface area contributed by atoms with E-state index in [1.54, 1.807) is 0 Å². The lowest BCUT2D eigenvalue weighted by molar-refractivity contribution is 0.660. The quantitative estimate of drug-likeness (QED) is 0.173. The molecular weight excluding hydrogens is 765 g/mol. The van der Waals surface area contributed by atoms with Crippen molar-refractivity contribution in [1.82, 2.24) is 4.57 Å². The van der Waals surface area contributed by atoms with Crippen molar-refractivity contribution in [3.05, 3.63) is 216 Å². The zero-order valence-corrected chi connectivity index (χ0v) is 35.8. The first-order valence-corrected chi connectivity index (χ1v) is 22.1. The molecule has 0 amide bonds. The van der Waals surface area contributed by atoms with Crippen LogP contribution in [0.2, 0.25) is 0 Å². The van der Waals surface area contributed by atoms with Gasteiger partial charge in [0.25, 0.3) is 0 Å². The van der Waals surface area contributed by atoms with Crippen LogP contribution in [0.25, 0.3) is 82.8 Å². The summed E-state index contributed by atoms with van der Waals surface area (Å²) in [6, 6.07) is 71.5. The molecular formula is C60H44N2O. The lowest BCUT2D eigenvalue weighted by Gasteiger charge is -2.29. The third-order valence-electron chi connectivity index (χ3n) is 14.4. The molecule has 0 fully saturated rings. The van der Waals surface area contributed by atoms with Gasteiger partial charge in [-0.25, -0.2) is 0 Å². The van der Waals surface area contributed by atoms with Crippen LogP contribution in [0.15, 0.2) is 199 Å². The molecule has 2 aliphatic rings. The number of para-hydroxylation sites is 4. The number of nitrogens with zero attached hydrogens (tertiary/aromatic N) is 2. The highest BCUT2D eigenvalue weighted by atomic mass is 16.3. The monoisotopic (exact) mass is 808 g/mol. The highest BCUT2D eigenvalue weighted by Gasteiger charge is 2.38. The Labute approximate surface area is 367 Å². The lowest BCUT2D eigenvalue weighted by atomic mass is 9.81. The smallest absolute Gasteiger partial charge is 0.159 e. The largest absolute Gasteiger partial charge is 0.454 e. The van der Waals surface area contributed by atoms with E-state index >= 15 is 0 Å². The molecule has 9 aromatic carbocycles. The van der Waals surface area contributed by atoms with Crippen molar-refractivity contribution in [3.63, 3.8) is 0 Å². The maximum Gasteiger partial charge on any atom is 0.159 e. The maximum absolute atomic E-state index is 6.76. The van der Waals surface area contributed by atoms with Gasteiger partial charge in [-0.1, -0.05) is 149 Å². The number of rotatable bonds is 5. The topological polar surface area (TPSA) is 21.3 Å². The van der Waals surface area contributed by atoms with Crippen molar-refractivity contribution in [2.45, 2.75) is 38.5 Å². The van der Waals surface area contributed by atoms with Gasteiger partial charge in [0.05, 0.1) is 16.7 Å². The minimum atomic E-state index is -0.247. The van der Waals surface area contributed by atoms with Gasteiger partial charge in [-0.3, -0.25) is 0 Å². The molecule has 63 heavy (non-hydrogen) atoms. The minimum Gasteiger partial charge on any atom is -0.454 e. The summed E-state index contributed by atoms with van der Waals surface area (Å²) < 4.78 is 9.15. The molecule has 2 aliphatic carbocycles. The number of anilines is 3. The molecule has 0 radical (unpaired) electrons. The van der Waals surface area contributed by atoms with Crippen LogP contribution in [0, 0.1) is 0 Å². The van der Waals surface area contributed by atoms with Gasteiger partial charge < -0.3 is 13.9 Å². The van der Waals surface area contributed by atoms with Crippen LogP contribution in [0.1, 0.15) is 49.9 Å². The van der Waals surface area contributed by atoms with Crippen molar-refractivity contribution in [2.24, 2.45) is 0 Å². The van der Waals surface area contributed by atoms with Crippen molar-refractivity contribution in [3.8, 4) is 39.1 Å². The Kier molecular flexibility index (Phi) is 7.42. The lowest BCUT2D eigenvalue weighted by Crippen LogP contribution is -2.18. The van der Waals surface area contributed by atoms with E-state index in [1.807, 2.05) is 0 Å². The molecule has 0 atom stereocenters. The van der Waals surface area contributed by atoms with Gasteiger partial charge in [-0.05, 0) is 128 Å². The number of hydrogen-bond donors (Lipinski definition) is 0. The Bertz CT molecular complexity index is 3690. The van der Waals surface area contributed by atoms with E-state index in [0.717, 1.165) is 39.0 Å². The Morgan fingerprint density at radius 1 is 0.397 bits per heavy atom. The fourth-order valence-electron chi connectivity index (χ4n) is 11.2. The average molecular weight is 809 g/mol. The Morgan fingerprint density at radius 3 is 1.73 bits per heavy atom. The molecule has 0 N–H and O–H groups in total. The molecule has 0 saturated carbocycles. The van der Waals surface area contributed by atoms with Crippen molar-refractivity contribution in [2.75, 3.05) is 4.90 Å². The first kappa shape index (κ1) is 36.1. The van der Waals surface area contributed by atoms with Gasteiger partial charge in [-0.2, -0.15) is 0 Å². The van der Waals surface area contributed by atoms with Gasteiger partial charge in [-0.15, -0.1) is 0 Å². The summed E-state index contributed by atoms with van der Waals surface area (Å²) in [6.45, 7) is 9.50. The van der Waals surface area contributed by atoms with Crippen LogP contribution >= 0.6 is 0 Å². The average Bonchev–Trinajstić information content (AvgIpc) is 4.00. The van der Waals surface area contributed by atoms with Gasteiger partial charge in [0.1, 0.15) is 5.58 Å².